The maximum Gasteiger partial charge on any atom is 0.289 e. The van der Waals surface area contributed by atoms with Crippen LogP contribution in [-0.2, 0) is 6.42 Å². The molecule has 1 fully saturated rings. The maximum atomic E-state index is 13.7. The van der Waals surface area contributed by atoms with Gasteiger partial charge in [0.25, 0.3) is 5.91 Å². The lowest BCUT2D eigenvalue weighted by Crippen LogP contribution is -2.39. The number of furan rings is 1. The predicted molar refractivity (Wildman–Crippen MR) is 82.0 cm³/mol. The number of rotatable bonds is 4. The highest BCUT2D eigenvalue weighted by atomic mass is 19.1. The first-order chi connectivity index (χ1) is 11.1. The van der Waals surface area contributed by atoms with Crippen LogP contribution in [0.3, 0.4) is 0 Å². The zero-order chi connectivity index (χ0) is 16.2. The summed E-state index contributed by atoms with van der Waals surface area (Å²) in [5, 5.41) is 0. The van der Waals surface area contributed by atoms with Gasteiger partial charge in [0.05, 0.1) is 6.26 Å². The molecule has 0 spiro atoms. The van der Waals surface area contributed by atoms with Crippen molar-refractivity contribution in [2.24, 2.45) is 5.92 Å². The third-order valence-corrected chi connectivity index (χ3v) is 4.38. The Morgan fingerprint density at radius 2 is 2.17 bits per heavy atom. The summed E-state index contributed by atoms with van der Waals surface area (Å²) in [6.45, 7) is 1.38. The summed E-state index contributed by atoms with van der Waals surface area (Å²) in [7, 11) is 0. The molecule has 3 rings (SSSR count). The van der Waals surface area contributed by atoms with Crippen molar-refractivity contribution in [3.8, 4) is 0 Å². The van der Waals surface area contributed by atoms with E-state index in [-0.39, 0.29) is 5.91 Å². The van der Waals surface area contributed by atoms with Crippen molar-refractivity contribution >= 4 is 5.91 Å². The Morgan fingerprint density at radius 3 is 2.91 bits per heavy atom. The number of hydrogen-bond donors (Lipinski definition) is 0. The zero-order valence-corrected chi connectivity index (χ0v) is 12.8. The van der Waals surface area contributed by atoms with Crippen LogP contribution in [0.4, 0.5) is 8.78 Å². The summed E-state index contributed by atoms with van der Waals surface area (Å²) in [6, 6.07) is 7.07. The molecule has 1 atom stereocenters. The Morgan fingerprint density at radius 1 is 1.30 bits per heavy atom. The average molecular weight is 319 g/mol. The minimum atomic E-state index is -0.556. The minimum absolute atomic E-state index is 0.0901. The number of carbonyl (C=O) groups excluding carboxylic acids is 1. The van der Waals surface area contributed by atoms with E-state index >= 15 is 0 Å². The van der Waals surface area contributed by atoms with E-state index in [1.165, 1.54) is 18.4 Å². The summed E-state index contributed by atoms with van der Waals surface area (Å²) in [4.78, 5) is 14.1. The lowest BCUT2D eigenvalue weighted by Gasteiger charge is -2.32. The van der Waals surface area contributed by atoms with Crippen LogP contribution in [0.2, 0.25) is 0 Å². The largest absolute Gasteiger partial charge is 0.459 e. The van der Waals surface area contributed by atoms with E-state index in [0.717, 1.165) is 31.9 Å². The van der Waals surface area contributed by atoms with Gasteiger partial charge in [-0.15, -0.1) is 0 Å². The lowest BCUT2D eigenvalue weighted by atomic mass is 9.91. The van der Waals surface area contributed by atoms with E-state index in [2.05, 4.69) is 0 Å². The Labute approximate surface area is 133 Å². The molecule has 3 nitrogen and oxygen atoms in total. The topological polar surface area (TPSA) is 33.5 Å². The minimum Gasteiger partial charge on any atom is -0.459 e. The molecule has 5 heteroatoms. The molecule has 0 N–H and O–H groups in total. The highest BCUT2D eigenvalue weighted by Gasteiger charge is 2.25. The summed E-state index contributed by atoms with van der Waals surface area (Å²) >= 11 is 0. The molecule has 0 aliphatic carbocycles. The molecular weight excluding hydrogens is 300 g/mol. The number of likely N-dealkylation sites (tertiary alicyclic amines) is 1. The normalized spacial score (nSPS) is 18.2. The van der Waals surface area contributed by atoms with Gasteiger partial charge in [-0.3, -0.25) is 4.79 Å². The van der Waals surface area contributed by atoms with Crippen molar-refractivity contribution < 1.29 is 18.0 Å². The van der Waals surface area contributed by atoms with Crippen molar-refractivity contribution in [2.45, 2.75) is 25.7 Å². The van der Waals surface area contributed by atoms with Crippen LogP contribution < -0.4 is 0 Å². The first-order valence-electron chi connectivity index (χ1n) is 7.90. The third-order valence-electron chi connectivity index (χ3n) is 4.38. The Bertz CT molecular complexity index is 670. The highest BCUT2D eigenvalue weighted by molar-refractivity contribution is 5.91. The summed E-state index contributed by atoms with van der Waals surface area (Å²) in [5.41, 5.74) is 0.529. The number of carbonyl (C=O) groups is 1. The quantitative estimate of drug-likeness (QED) is 0.852. The molecule has 0 saturated carbocycles. The first-order valence-corrected chi connectivity index (χ1v) is 7.90. The number of halogens is 2. The van der Waals surface area contributed by atoms with Crippen LogP contribution in [0, 0.1) is 17.6 Å². The number of aryl methyl sites for hydroxylation is 1. The molecule has 23 heavy (non-hydrogen) atoms. The van der Waals surface area contributed by atoms with Gasteiger partial charge >= 0.3 is 0 Å². The van der Waals surface area contributed by atoms with Gasteiger partial charge in [-0.05, 0) is 55.4 Å². The van der Waals surface area contributed by atoms with Crippen LogP contribution >= 0.6 is 0 Å². The molecule has 2 heterocycles. The predicted octanol–water partition coefficient (Wildman–Crippen LogP) is 4.04. The number of nitrogens with zero attached hydrogens (tertiary/aromatic N) is 1. The van der Waals surface area contributed by atoms with Crippen molar-refractivity contribution in [1.29, 1.82) is 0 Å². The smallest absolute Gasteiger partial charge is 0.289 e. The molecule has 1 aliphatic heterocycles. The van der Waals surface area contributed by atoms with Crippen LogP contribution in [0.15, 0.2) is 41.0 Å². The van der Waals surface area contributed by atoms with Crippen LogP contribution in [0.25, 0.3) is 0 Å². The lowest BCUT2D eigenvalue weighted by molar-refractivity contribution is 0.0636. The molecular formula is C18H19F2NO2. The third kappa shape index (κ3) is 3.78. The Hall–Kier alpha value is -2.17. The second-order valence-electron chi connectivity index (χ2n) is 6.01. The molecule has 122 valence electrons. The monoisotopic (exact) mass is 319 g/mol. The molecule has 2 aromatic rings. The van der Waals surface area contributed by atoms with E-state index < -0.39 is 11.6 Å². The summed E-state index contributed by atoms with van der Waals surface area (Å²) < 4.78 is 31.8. The molecule has 1 aromatic heterocycles. The van der Waals surface area contributed by atoms with E-state index in [9.17, 15) is 13.6 Å². The second-order valence-corrected chi connectivity index (χ2v) is 6.01. The fraction of sp³-hybridized carbons (Fsp3) is 0.389. The van der Waals surface area contributed by atoms with Gasteiger partial charge in [-0.2, -0.15) is 0 Å². The Kier molecular flexibility index (Phi) is 4.74. The number of piperidine rings is 1. The van der Waals surface area contributed by atoms with Gasteiger partial charge in [0.2, 0.25) is 0 Å². The van der Waals surface area contributed by atoms with Crippen molar-refractivity contribution in [2.75, 3.05) is 13.1 Å². The van der Waals surface area contributed by atoms with E-state index in [4.69, 9.17) is 4.42 Å². The molecule has 1 amide bonds. The van der Waals surface area contributed by atoms with Gasteiger partial charge in [-0.25, -0.2) is 8.78 Å². The maximum absolute atomic E-state index is 13.7. The zero-order valence-electron chi connectivity index (χ0n) is 12.8. The van der Waals surface area contributed by atoms with Gasteiger partial charge in [0.15, 0.2) is 5.76 Å². The fourth-order valence-corrected chi connectivity index (χ4v) is 3.13. The van der Waals surface area contributed by atoms with E-state index in [1.54, 1.807) is 17.0 Å². The van der Waals surface area contributed by atoms with E-state index in [1.807, 2.05) is 0 Å². The molecule has 1 saturated heterocycles. The number of amides is 1. The fourth-order valence-electron chi connectivity index (χ4n) is 3.13. The Balaban J connectivity index is 1.57. The van der Waals surface area contributed by atoms with Crippen molar-refractivity contribution in [3.05, 3.63) is 59.6 Å². The van der Waals surface area contributed by atoms with Gasteiger partial charge in [-0.1, -0.05) is 6.07 Å². The first kappa shape index (κ1) is 15.7. The molecule has 1 unspecified atom stereocenters. The van der Waals surface area contributed by atoms with Crippen LogP contribution in [0.5, 0.6) is 0 Å². The summed E-state index contributed by atoms with van der Waals surface area (Å²) in [6.07, 6.45) is 4.78. The highest BCUT2D eigenvalue weighted by Crippen LogP contribution is 2.24. The SMILES string of the molecule is O=C(c1ccco1)N1CCCC(CCc2ccc(F)cc2F)C1. The van der Waals surface area contributed by atoms with Gasteiger partial charge in [0, 0.05) is 19.2 Å². The van der Waals surface area contributed by atoms with Crippen molar-refractivity contribution in [3.63, 3.8) is 0 Å². The standard InChI is InChI=1S/C18H19F2NO2/c19-15-8-7-14(16(20)11-15)6-5-13-3-1-9-21(12-13)18(22)17-4-2-10-23-17/h2,4,7-8,10-11,13H,1,3,5-6,9,12H2. The van der Waals surface area contributed by atoms with Gasteiger partial charge in [0.1, 0.15) is 11.6 Å². The van der Waals surface area contributed by atoms with Crippen molar-refractivity contribution in [1.82, 2.24) is 4.90 Å². The van der Waals surface area contributed by atoms with Crippen LogP contribution in [-0.4, -0.2) is 23.9 Å². The summed E-state index contributed by atoms with van der Waals surface area (Å²) in [5.74, 6) is -0.460. The number of benzene rings is 1. The second kappa shape index (κ2) is 6.94. The number of hydrogen-bond acceptors (Lipinski definition) is 2. The van der Waals surface area contributed by atoms with E-state index in [0.29, 0.717) is 30.2 Å². The van der Waals surface area contributed by atoms with Gasteiger partial charge < -0.3 is 9.32 Å². The molecule has 0 bridgehead atoms. The molecule has 1 aliphatic rings. The molecule has 1 aromatic carbocycles. The molecule has 0 radical (unpaired) electrons. The average Bonchev–Trinajstić information content (AvgIpc) is 3.08. The van der Waals surface area contributed by atoms with Crippen LogP contribution in [0.1, 0.15) is 35.4 Å².